The van der Waals surface area contributed by atoms with Gasteiger partial charge in [-0.1, -0.05) is 0 Å². The van der Waals surface area contributed by atoms with Gasteiger partial charge in [0.05, 0.1) is 16.1 Å². The molecule has 5 nitrogen and oxygen atoms in total. The molecule has 0 fully saturated rings. The number of anilines is 1. The average molecular weight is 325 g/mol. The third-order valence-corrected chi connectivity index (χ3v) is 4.99. The van der Waals surface area contributed by atoms with Gasteiger partial charge in [0.25, 0.3) is 0 Å². The Bertz CT molecular complexity index is 893. The Balaban J connectivity index is 1.82. The fourth-order valence-corrected chi connectivity index (χ4v) is 3.75. The summed E-state index contributed by atoms with van der Waals surface area (Å²) in [7, 11) is 0. The number of nitrogens with zero attached hydrogens (tertiary/aromatic N) is 2. The van der Waals surface area contributed by atoms with Crippen molar-refractivity contribution in [2.24, 2.45) is 0 Å². The molecule has 3 heterocycles. The maximum Gasteiger partial charge on any atom is 0.335 e. The van der Waals surface area contributed by atoms with E-state index in [1.807, 2.05) is 4.68 Å². The number of nitrogens with one attached hydrogen (secondary N) is 1. The van der Waals surface area contributed by atoms with E-state index in [0.717, 1.165) is 30.2 Å². The quantitative estimate of drug-likeness (QED) is 0.772. The van der Waals surface area contributed by atoms with E-state index >= 15 is 0 Å². The molecule has 0 unspecified atom stereocenters. The predicted octanol–water partition coefficient (Wildman–Crippen LogP) is 3.58. The highest BCUT2D eigenvalue weighted by atomic mass is 32.1. The molecule has 0 amide bonds. The monoisotopic (exact) mass is 325 g/mol. The summed E-state index contributed by atoms with van der Waals surface area (Å²) in [6, 6.07) is 11.0. The summed E-state index contributed by atoms with van der Waals surface area (Å²) in [5.41, 5.74) is 3.39. The van der Waals surface area contributed by atoms with Crippen LogP contribution in [0.2, 0.25) is 0 Å². The summed E-state index contributed by atoms with van der Waals surface area (Å²) in [6.07, 6.45) is 0.953. The van der Waals surface area contributed by atoms with Crippen LogP contribution in [0.1, 0.15) is 20.8 Å². The Morgan fingerprint density at radius 3 is 2.70 bits per heavy atom. The van der Waals surface area contributed by atoms with Gasteiger partial charge < -0.3 is 10.4 Å². The summed E-state index contributed by atoms with van der Waals surface area (Å²) >= 11 is 1.74. The van der Waals surface area contributed by atoms with Crippen molar-refractivity contribution >= 4 is 23.1 Å². The molecule has 6 heteroatoms. The van der Waals surface area contributed by atoms with Crippen LogP contribution in [0.5, 0.6) is 0 Å². The van der Waals surface area contributed by atoms with E-state index in [4.69, 9.17) is 10.2 Å². The van der Waals surface area contributed by atoms with E-state index in [1.54, 1.807) is 35.6 Å². The molecule has 0 saturated carbocycles. The maximum atomic E-state index is 11.0. The third kappa shape index (κ3) is 2.31. The second-order valence-electron chi connectivity index (χ2n) is 5.53. The fourth-order valence-electron chi connectivity index (χ4n) is 2.87. The van der Waals surface area contributed by atoms with E-state index in [1.165, 1.54) is 15.3 Å². The van der Waals surface area contributed by atoms with Gasteiger partial charge in [-0.2, -0.15) is 5.10 Å². The van der Waals surface area contributed by atoms with Gasteiger partial charge in [0.15, 0.2) is 0 Å². The van der Waals surface area contributed by atoms with Gasteiger partial charge in [-0.15, -0.1) is 11.3 Å². The summed E-state index contributed by atoms with van der Waals surface area (Å²) < 4.78 is 1.87. The normalized spacial score (nSPS) is 12.9. The molecule has 0 saturated heterocycles. The van der Waals surface area contributed by atoms with Crippen LogP contribution >= 0.6 is 11.3 Å². The molecule has 0 bridgehead atoms. The molecular formula is C17H15N3O2S. The number of carboxylic acids is 1. The van der Waals surface area contributed by atoms with Crippen molar-refractivity contribution in [1.29, 1.82) is 0 Å². The smallest absolute Gasteiger partial charge is 0.335 e. The SMILES string of the molecule is Cc1ccc(-c2nn(-c3ccc(C(=O)O)cc3)c3c2CCN3)s1. The average Bonchev–Trinajstić information content (AvgIpc) is 3.23. The molecule has 2 N–H and O–H groups in total. The van der Waals surface area contributed by atoms with Crippen LogP contribution in [-0.4, -0.2) is 27.4 Å². The second kappa shape index (κ2) is 5.24. The van der Waals surface area contributed by atoms with Gasteiger partial charge >= 0.3 is 5.97 Å². The van der Waals surface area contributed by atoms with Gasteiger partial charge in [-0.3, -0.25) is 0 Å². The van der Waals surface area contributed by atoms with E-state index in [9.17, 15) is 4.79 Å². The minimum atomic E-state index is -0.921. The number of aryl methyl sites for hydroxylation is 1. The molecule has 0 radical (unpaired) electrons. The number of thiophene rings is 1. The summed E-state index contributed by atoms with van der Waals surface area (Å²) in [6.45, 7) is 2.99. The lowest BCUT2D eigenvalue weighted by atomic mass is 10.2. The Labute approximate surface area is 137 Å². The topological polar surface area (TPSA) is 67.2 Å². The number of aromatic nitrogens is 2. The van der Waals surface area contributed by atoms with Crippen molar-refractivity contribution in [2.75, 3.05) is 11.9 Å². The molecule has 0 atom stereocenters. The van der Waals surface area contributed by atoms with Crippen LogP contribution in [0.15, 0.2) is 36.4 Å². The molecule has 4 rings (SSSR count). The summed E-state index contributed by atoms with van der Waals surface area (Å²) in [4.78, 5) is 13.4. The zero-order chi connectivity index (χ0) is 16.0. The Hall–Kier alpha value is -2.60. The molecule has 1 aliphatic rings. The van der Waals surface area contributed by atoms with Crippen molar-refractivity contribution in [2.45, 2.75) is 13.3 Å². The van der Waals surface area contributed by atoms with Gasteiger partial charge in [0, 0.05) is 17.0 Å². The van der Waals surface area contributed by atoms with Crippen molar-refractivity contribution in [3.63, 3.8) is 0 Å². The van der Waals surface area contributed by atoms with E-state index in [-0.39, 0.29) is 5.56 Å². The lowest BCUT2D eigenvalue weighted by Gasteiger charge is -2.06. The van der Waals surface area contributed by atoms with Crippen LogP contribution in [0.25, 0.3) is 16.3 Å². The van der Waals surface area contributed by atoms with Crippen LogP contribution in [0.4, 0.5) is 5.82 Å². The van der Waals surface area contributed by atoms with E-state index < -0.39 is 5.97 Å². The van der Waals surface area contributed by atoms with Crippen molar-refractivity contribution in [1.82, 2.24) is 9.78 Å². The van der Waals surface area contributed by atoms with Crippen molar-refractivity contribution in [3.8, 4) is 16.3 Å². The number of rotatable bonds is 3. The number of hydrogen-bond donors (Lipinski definition) is 2. The van der Waals surface area contributed by atoms with Gasteiger partial charge in [-0.25, -0.2) is 9.48 Å². The molecule has 1 aromatic carbocycles. The van der Waals surface area contributed by atoms with E-state index in [0.29, 0.717) is 0 Å². The number of hydrogen-bond acceptors (Lipinski definition) is 4. The Morgan fingerprint density at radius 2 is 2.04 bits per heavy atom. The molecule has 116 valence electrons. The van der Waals surface area contributed by atoms with Gasteiger partial charge in [0.1, 0.15) is 11.5 Å². The molecule has 0 spiro atoms. The minimum Gasteiger partial charge on any atom is -0.478 e. The number of fused-ring (bicyclic) bond motifs is 1. The summed E-state index contributed by atoms with van der Waals surface area (Å²) in [5.74, 6) is 0.0873. The maximum absolute atomic E-state index is 11.0. The van der Waals surface area contributed by atoms with Gasteiger partial charge in [0.2, 0.25) is 0 Å². The lowest BCUT2D eigenvalue weighted by Crippen LogP contribution is -2.05. The first kappa shape index (κ1) is 14.0. The van der Waals surface area contributed by atoms with Crippen LogP contribution in [-0.2, 0) is 6.42 Å². The van der Waals surface area contributed by atoms with Crippen LogP contribution < -0.4 is 5.32 Å². The highest BCUT2D eigenvalue weighted by molar-refractivity contribution is 7.15. The second-order valence-corrected chi connectivity index (χ2v) is 6.81. The molecule has 2 aromatic heterocycles. The zero-order valence-electron chi connectivity index (χ0n) is 12.5. The first-order chi connectivity index (χ1) is 11.1. The minimum absolute atomic E-state index is 0.277. The highest BCUT2D eigenvalue weighted by Gasteiger charge is 2.24. The van der Waals surface area contributed by atoms with E-state index in [2.05, 4.69) is 24.4 Å². The Kier molecular flexibility index (Phi) is 3.20. The molecule has 23 heavy (non-hydrogen) atoms. The lowest BCUT2D eigenvalue weighted by molar-refractivity contribution is 0.0697. The van der Waals surface area contributed by atoms with Crippen LogP contribution in [0.3, 0.4) is 0 Å². The molecule has 3 aromatic rings. The van der Waals surface area contributed by atoms with Crippen LogP contribution in [0, 0.1) is 6.92 Å². The predicted molar refractivity (Wildman–Crippen MR) is 90.8 cm³/mol. The highest BCUT2D eigenvalue weighted by Crippen LogP contribution is 2.37. The molecule has 0 aliphatic carbocycles. The standard InChI is InChI=1S/C17H15N3O2S/c1-10-2-7-14(23-10)15-13-8-9-18-16(13)20(19-15)12-5-3-11(4-6-12)17(21)22/h2-7,18H,8-9H2,1H3,(H,21,22). The number of carboxylic acid groups (broad SMARTS) is 1. The first-order valence-electron chi connectivity index (χ1n) is 7.40. The summed E-state index contributed by atoms with van der Waals surface area (Å²) in [5, 5.41) is 17.2. The first-order valence-corrected chi connectivity index (χ1v) is 8.21. The van der Waals surface area contributed by atoms with Crippen molar-refractivity contribution < 1.29 is 9.90 Å². The molecule has 1 aliphatic heterocycles. The number of carbonyl (C=O) groups is 1. The third-order valence-electron chi connectivity index (χ3n) is 3.98. The van der Waals surface area contributed by atoms with Gasteiger partial charge in [-0.05, 0) is 49.7 Å². The number of benzene rings is 1. The fraction of sp³-hybridized carbons (Fsp3) is 0.176. The zero-order valence-corrected chi connectivity index (χ0v) is 13.4. The Morgan fingerprint density at radius 1 is 1.26 bits per heavy atom. The number of aromatic carboxylic acids is 1. The largest absolute Gasteiger partial charge is 0.478 e. The molecular weight excluding hydrogens is 310 g/mol. The van der Waals surface area contributed by atoms with Crippen molar-refractivity contribution in [3.05, 3.63) is 52.4 Å².